The fourth-order valence-electron chi connectivity index (χ4n) is 1.46. The monoisotopic (exact) mass is 237 g/mol. The highest BCUT2D eigenvalue weighted by atomic mass is 32.1. The Hall–Kier alpha value is -1.16. The number of carbonyl (C=O) groups excluding carboxylic acids is 1. The first kappa shape index (κ1) is 11.3. The molecule has 2 rings (SSSR count). The standard InChI is InChI=1S/C12H15NO2S/c1-12(2,3)11-13-9(7-16-11)10-6-8(14)4-5-15-10/h4-5,7,10H,6H2,1-3H3. The molecule has 1 atom stereocenters. The number of hydrogen-bond donors (Lipinski definition) is 0. The second-order valence-corrected chi connectivity index (χ2v) is 5.78. The van der Waals surface area contributed by atoms with Gasteiger partial charge in [0.25, 0.3) is 0 Å². The summed E-state index contributed by atoms with van der Waals surface area (Å²) in [4.78, 5) is 15.8. The van der Waals surface area contributed by atoms with Crippen LogP contribution in [-0.4, -0.2) is 10.8 Å². The lowest BCUT2D eigenvalue weighted by molar-refractivity contribution is -0.118. The summed E-state index contributed by atoms with van der Waals surface area (Å²) < 4.78 is 5.40. The van der Waals surface area contributed by atoms with E-state index in [2.05, 4.69) is 25.8 Å². The predicted octanol–water partition coefficient (Wildman–Crippen LogP) is 2.98. The Morgan fingerprint density at radius 2 is 2.25 bits per heavy atom. The molecule has 0 bridgehead atoms. The van der Waals surface area contributed by atoms with E-state index in [-0.39, 0.29) is 17.3 Å². The van der Waals surface area contributed by atoms with Gasteiger partial charge in [-0.05, 0) is 0 Å². The second kappa shape index (κ2) is 4.01. The summed E-state index contributed by atoms with van der Waals surface area (Å²) in [6.45, 7) is 6.38. The number of allylic oxidation sites excluding steroid dienone is 1. The Kier molecular flexibility index (Phi) is 2.84. The van der Waals surface area contributed by atoms with Crippen LogP contribution in [0.25, 0.3) is 0 Å². The quantitative estimate of drug-likeness (QED) is 0.753. The SMILES string of the molecule is CC(C)(C)c1nc(C2CC(=O)C=CO2)cs1. The van der Waals surface area contributed by atoms with Crippen molar-refractivity contribution in [3.05, 3.63) is 28.4 Å². The van der Waals surface area contributed by atoms with Gasteiger partial charge in [-0.15, -0.1) is 11.3 Å². The average molecular weight is 237 g/mol. The fraction of sp³-hybridized carbons (Fsp3) is 0.500. The van der Waals surface area contributed by atoms with Crippen molar-refractivity contribution in [1.29, 1.82) is 0 Å². The van der Waals surface area contributed by atoms with Crippen molar-refractivity contribution in [3.8, 4) is 0 Å². The molecule has 0 aliphatic carbocycles. The van der Waals surface area contributed by atoms with Gasteiger partial charge in [0.2, 0.25) is 0 Å². The van der Waals surface area contributed by atoms with Crippen LogP contribution in [0.1, 0.15) is 44.0 Å². The zero-order valence-electron chi connectivity index (χ0n) is 9.69. The van der Waals surface area contributed by atoms with Gasteiger partial charge in [-0.25, -0.2) is 4.98 Å². The van der Waals surface area contributed by atoms with Gasteiger partial charge in [0.15, 0.2) is 5.78 Å². The lowest BCUT2D eigenvalue weighted by Crippen LogP contribution is -2.14. The molecule has 3 nitrogen and oxygen atoms in total. The van der Waals surface area contributed by atoms with E-state index in [1.54, 1.807) is 11.3 Å². The minimum Gasteiger partial charge on any atom is -0.491 e. The Morgan fingerprint density at radius 3 is 2.81 bits per heavy atom. The summed E-state index contributed by atoms with van der Waals surface area (Å²) in [6, 6.07) is 0. The summed E-state index contributed by atoms with van der Waals surface area (Å²) in [5.41, 5.74) is 0.921. The van der Waals surface area contributed by atoms with Crippen LogP contribution in [0.4, 0.5) is 0 Å². The largest absolute Gasteiger partial charge is 0.491 e. The first-order valence-corrected chi connectivity index (χ1v) is 6.15. The molecule has 0 aromatic carbocycles. The van der Waals surface area contributed by atoms with E-state index in [0.29, 0.717) is 6.42 Å². The molecule has 0 saturated heterocycles. The van der Waals surface area contributed by atoms with Crippen molar-refractivity contribution < 1.29 is 9.53 Å². The highest BCUT2D eigenvalue weighted by Crippen LogP contribution is 2.31. The van der Waals surface area contributed by atoms with Gasteiger partial charge in [0, 0.05) is 16.9 Å². The summed E-state index contributed by atoms with van der Waals surface area (Å²) in [5, 5.41) is 3.06. The first-order chi connectivity index (χ1) is 7.47. The van der Waals surface area contributed by atoms with Crippen molar-refractivity contribution in [1.82, 2.24) is 4.98 Å². The highest BCUT2D eigenvalue weighted by molar-refractivity contribution is 7.09. The van der Waals surface area contributed by atoms with Gasteiger partial charge in [-0.3, -0.25) is 4.79 Å². The third kappa shape index (κ3) is 2.32. The lowest BCUT2D eigenvalue weighted by Gasteiger charge is -2.17. The third-order valence-corrected chi connectivity index (χ3v) is 3.66. The fourth-order valence-corrected chi connectivity index (χ4v) is 2.41. The van der Waals surface area contributed by atoms with E-state index in [4.69, 9.17) is 4.74 Å². The van der Waals surface area contributed by atoms with E-state index in [1.165, 1.54) is 12.3 Å². The highest BCUT2D eigenvalue weighted by Gasteiger charge is 2.24. The van der Waals surface area contributed by atoms with E-state index in [1.807, 2.05) is 5.38 Å². The molecule has 1 aliphatic heterocycles. The molecule has 86 valence electrons. The van der Waals surface area contributed by atoms with Crippen molar-refractivity contribution in [2.45, 2.75) is 38.7 Å². The lowest BCUT2D eigenvalue weighted by atomic mass is 9.98. The Balaban J connectivity index is 2.19. The van der Waals surface area contributed by atoms with Gasteiger partial charge in [0.1, 0.15) is 6.10 Å². The molecular formula is C12H15NO2S. The number of ketones is 1. The number of carbonyl (C=O) groups is 1. The maximum Gasteiger partial charge on any atom is 0.162 e. The molecule has 0 radical (unpaired) electrons. The van der Waals surface area contributed by atoms with E-state index >= 15 is 0 Å². The summed E-state index contributed by atoms with van der Waals surface area (Å²) in [6.07, 6.45) is 3.12. The summed E-state index contributed by atoms with van der Waals surface area (Å²) >= 11 is 1.62. The molecular weight excluding hydrogens is 222 g/mol. The second-order valence-electron chi connectivity index (χ2n) is 4.93. The third-order valence-electron chi connectivity index (χ3n) is 2.38. The number of nitrogens with zero attached hydrogens (tertiary/aromatic N) is 1. The van der Waals surface area contributed by atoms with E-state index in [9.17, 15) is 4.79 Å². The smallest absolute Gasteiger partial charge is 0.162 e. The zero-order valence-corrected chi connectivity index (χ0v) is 10.5. The Labute approximate surface area is 99.2 Å². The topological polar surface area (TPSA) is 39.2 Å². The molecule has 4 heteroatoms. The number of hydrogen-bond acceptors (Lipinski definition) is 4. The summed E-state index contributed by atoms with van der Waals surface area (Å²) in [7, 11) is 0. The molecule has 0 fully saturated rings. The van der Waals surface area contributed by atoms with Crippen molar-refractivity contribution in [3.63, 3.8) is 0 Å². The van der Waals surface area contributed by atoms with Crippen LogP contribution in [0.15, 0.2) is 17.7 Å². The van der Waals surface area contributed by atoms with Gasteiger partial charge in [0.05, 0.1) is 23.4 Å². The minimum atomic E-state index is -0.204. The van der Waals surface area contributed by atoms with Crippen LogP contribution >= 0.6 is 11.3 Å². The van der Waals surface area contributed by atoms with E-state index < -0.39 is 0 Å². The van der Waals surface area contributed by atoms with Crippen LogP contribution < -0.4 is 0 Å². The number of aromatic nitrogens is 1. The molecule has 1 unspecified atom stereocenters. The molecule has 1 aromatic rings. The first-order valence-electron chi connectivity index (χ1n) is 5.27. The predicted molar refractivity (Wildman–Crippen MR) is 63.4 cm³/mol. The molecule has 0 N–H and O–H groups in total. The maximum atomic E-state index is 11.3. The van der Waals surface area contributed by atoms with Crippen molar-refractivity contribution in [2.75, 3.05) is 0 Å². The number of ether oxygens (including phenoxy) is 1. The molecule has 0 spiro atoms. The van der Waals surface area contributed by atoms with Crippen LogP contribution in [0.2, 0.25) is 0 Å². The molecule has 0 amide bonds. The van der Waals surface area contributed by atoms with Crippen molar-refractivity contribution in [2.24, 2.45) is 0 Å². The normalized spacial score (nSPS) is 20.9. The average Bonchev–Trinajstić information content (AvgIpc) is 2.65. The summed E-state index contributed by atoms with van der Waals surface area (Å²) in [5.74, 6) is 0.0987. The number of rotatable bonds is 1. The minimum absolute atomic E-state index is 0.0530. The van der Waals surface area contributed by atoms with Crippen LogP contribution in [0.5, 0.6) is 0 Å². The molecule has 0 saturated carbocycles. The van der Waals surface area contributed by atoms with Gasteiger partial charge in [-0.1, -0.05) is 20.8 Å². The Bertz CT molecular complexity index is 428. The van der Waals surface area contributed by atoms with Gasteiger partial charge in [-0.2, -0.15) is 0 Å². The van der Waals surface area contributed by atoms with Crippen LogP contribution in [-0.2, 0) is 14.9 Å². The number of thiazole rings is 1. The zero-order chi connectivity index (χ0) is 11.8. The molecule has 1 aromatic heterocycles. The molecule has 16 heavy (non-hydrogen) atoms. The molecule has 2 heterocycles. The van der Waals surface area contributed by atoms with Crippen LogP contribution in [0, 0.1) is 0 Å². The van der Waals surface area contributed by atoms with E-state index in [0.717, 1.165) is 10.7 Å². The van der Waals surface area contributed by atoms with Crippen molar-refractivity contribution >= 4 is 17.1 Å². The maximum absolute atomic E-state index is 11.3. The van der Waals surface area contributed by atoms with Crippen LogP contribution in [0.3, 0.4) is 0 Å². The molecule has 1 aliphatic rings. The van der Waals surface area contributed by atoms with Gasteiger partial charge < -0.3 is 4.74 Å². The van der Waals surface area contributed by atoms with Gasteiger partial charge >= 0.3 is 0 Å². The Morgan fingerprint density at radius 1 is 1.50 bits per heavy atom.